The molecule has 0 aliphatic heterocycles. The van der Waals surface area contributed by atoms with Gasteiger partial charge in [-0.25, -0.2) is 4.39 Å². The third-order valence-corrected chi connectivity index (χ3v) is 6.05. The predicted octanol–water partition coefficient (Wildman–Crippen LogP) is 6.48. The van der Waals surface area contributed by atoms with Gasteiger partial charge < -0.3 is 9.30 Å². The molecule has 28 heavy (non-hydrogen) atoms. The van der Waals surface area contributed by atoms with Gasteiger partial charge in [-0.2, -0.15) is 0 Å². The van der Waals surface area contributed by atoms with Crippen molar-refractivity contribution in [2.24, 2.45) is 0 Å². The van der Waals surface area contributed by atoms with Crippen LogP contribution in [0.3, 0.4) is 0 Å². The average Bonchev–Trinajstić information content (AvgIpc) is 3.07. The molecule has 3 aromatic rings. The summed E-state index contributed by atoms with van der Waals surface area (Å²) in [6.07, 6.45) is -0.306. The maximum Gasteiger partial charge on any atom is 0.191 e. The number of nitrogens with zero attached hydrogens (tertiary/aromatic N) is 3. The summed E-state index contributed by atoms with van der Waals surface area (Å²) in [6, 6.07) is 10.2. The summed E-state index contributed by atoms with van der Waals surface area (Å²) in [5, 5.41) is 10.4. The van der Waals surface area contributed by atoms with E-state index in [2.05, 4.69) is 10.2 Å². The molecule has 0 spiro atoms. The molecule has 1 aromatic heterocycles. The van der Waals surface area contributed by atoms with Crippen molar-refractivity contribution in [3.05, 3.63) is 69.2 Å². The van der Waals surface area contributed by atoms with Gasteiger partial charge in [-0.3, -0.25) is 0 Å². The van der Waals surface area contributed by atoms with E-state index in [-0.39, 0.29) is 11.9 Å². The fourth-order valence-corrected chi connectivity index (χ4v) is 4.23. The summed E-state index contributed by atoms with van der Waals surface area (Å²) in [5.41, 5.74) is 1.41. The summed E-state index contributed by atoms with van der Waals surface area (Å²) in [6.45, 7) is 6.52. The van der Waals surface area contributed by atoms with Crippen LogP contribution >= 0.6 is 35.0 Å². The van der Waals surface area contributed by atoms with Crippen molar-refractivity contribution in [1.29, 1.82) is 0 Å². The van der Waals surface area contributed by atoms with E-state index < -0.39 is 0 Å². The minimum atomic E-state index is -0.322. The SMILES string of the molecule is CCn1c(SCc2c(F)cccc2Cl)nnc1C(C)Oc1ccc(Cl)c(C)c1. The van der Waals surface area contributed by atoms with Crippen LogP contribution in [0.5, 0.6) is 5.75 Å². The quantitative estimate of drug-likeness (QED) is 0.394. The van der Waals surface area contributed by atoms with E-state index in [1.165, 1.54) is 17.8 Å². The normalized spacial score (nSPS) is 12.2. The molecule has 148 valence electrons. The van der Waals surface area contributed by atoms with E-state index in [0.29, 0.717) is 44.6 Å². The molecule has 0 amide bonds. The van der Waals surface area contributed by atoms with Crippen LogP contribution in [0.4, 0.5) is 4.39 Å². The number of hydrogen-bond acceptors (Lipinski definition) is 4. The molecule has 1 unspecified atom stereocenters. The molecule has 0 aliphatic rings. The van der Waals surface area contributed by atoms with Crippen molar-refractivity contribution in [1.82, 2.24) is 14.8 Å². The second-order valence-electron chi connectivity index (χ2n) is 6.24. The molecule has 0 N–H and O–H groups in total. The highest BCUT2D eigenvalue weighted by Crippen LogP contribution is 2.30. The van der Waals surface area contributed by atoms with Crippen molar-refractivity contribution < 1.29 is 9.13 Å². The second kappa shape index (κ2) is 9.16. The van der Waals surface area contributed by atoms with Crippen molar-refractivity contribution in [2.75, 3.05) is 0 Å². The van der Waals surface area contributed by atoms with Crippen LogP contribution in [-0.4, -0.2) is 14.8 Å². The Hall–Kier alpha value is -1.76. The Morgan fingerprint density at radius 1 is 1.18 bits per heavy atom. The van der Waals surface area contributed by atoms with E-state index in [4.69, 9.17) is 27.9 Å². The molecular weight excluding hydrogens is 420 g/mol. The van der Waals surface area contributed by atoms with E-state index >= 15 is 0 Å². The summed E-state index contributed by atoms with van der Waals surface area (Å²) in [4.78, 5) is 0. The first-order valence-electron chi connectivity index (χ1n) is 8.82. The van der Waals surface area contributed by atoms with E-state index in [1.807, 2.05) is 43.5 Å². The number of halogens is 3. The molecular formula is C20H20Cl2FN3OS. The van der Waals surface area contributed by atoms with E-state index in [0.717, 1.165) is 5.56 Å². The number of aromatic nitrogens is 3. The number of aryl methyl sites for hydroxylation is 1. The van der Waals surface area contributed by atoms with Gasteiger partial charge in [-0.1, -0.05) is 41.0 Å². The second-order valence-corrected chi connectivity index (χ2v) is 8.00. The molecule has 3 rings (SSSR count). The minimum Gasteiger partial charge on any atom is -0.483 e. The van der Waals surface area contributed by atoms with Gasteiger partial charge in [0.25, 0.3) is 0 Å². The highest BCUT2D eigenvalue weighted by molar-refractivity contribution is 7.98. The average molecular weight is 440 g/mol. The lowest BCUT2D eigenvalue weighted by Crippen LogP contribution is -2.12. The Labute approximate surface area is 178 Å². The first-order chi connectivity index (χ1) is 13.4. The third-order valence-electron chi connectivity index (χ3n) is 4.27. The van der Waals surface area contributed by atoms with Crippen LogP contribution in [0, 0.1) is 12.7 Å². The van der Waals surface area contributed by atoms with Gasteiger partial charge in [0.05, 0.1) is 0 Å². The van der Waals surface area contributed by atoms with Gasteiger partial charge in [0.1, 0.15) is 11.6 Å². The predicted molar refractivity (Wildman–Crippen MR) is 112 cm³/mol. The molecule has 0 radical (unpaired) electrons. The Bertz CT molecular complexity index is 960. The van der Waals surface area contributed by atoms with Crippen LogP contribution in [0.25, 0.3) is 0 Å². The van der Waals surface area contributed by atoms with E-state index in [1.54, 1.807) is 12.1 Å². The lowest BCUT2D eigenvalue weighted by atomic mass is 10.2. The lowest BCUT2D eigenvalue weighted by Gasteiger charge is -2.16. The van der Waals surface area contributed by atoms with Crippen molar-refractivity contribution in [2.45, 2.75) is 44.3 Å². The molecule has 0 bridgehead atoms. The summed E-state index contributed by atoms with van der Waals surface area (Å²) in [5.74, 6) is 1.47. The standard InChI is InChI=1S/C20H20Cl2FN3OS/c1-4-26-19(13(3)27-14-8-9-16(21)12(2)10-14)24-25-20(26)28-11-15-17(22)6-5-7-18(15)23/h5-10,13H,4,11H2,1-3H3. The Morgan fingerprint density at radius 3 is 2.64 bits per heavy atom. The smallest absolute Gasteiger partial charge is 0.191 e. The van der Waals surface area contributed by atoms with Crippen molar-refractivity contribution >= 4 is 35.0 Å². The Kier molecular flexibility index (Phi) is 6.86. The van der Waals surface area contributed by atoms with Crippen LogP contribution in [-0.2, 0) is 12.3 Å². The van der Waals surface area contributed by atoms with Gasteiger partial charge in [-0.15, -0.1) is 10.2 Å². The zero-order valence-electron chi connectivity index (χ0n) is 15.7. The number of benzene rings is 2. The zero-order chi connectivity index (χ0) is 20.3. The van der Waals surface area contributed by atoms with Crippen LogP contribution in [0.15, 0.2) is 41.6 Å². The molecule has 4 nitrogen and oxygen atoms in total. The Morgan fingerprint density at radius 2 is 1.96 bits per heavy atom. The minimum absolute atomic E-state index is 0.306. The first kappa shape index (κ1) is 21.0. The molecule has 0 saturated heterocycles. The number of rotatable bonds is 7. The van der Waals surface area contributed by atoms with Gasteiger partial charge in [0.15, 0.2) is 17.1 Å². The maximum absolute atomic E-state index is 14.0. The summed E-state index contributed by atoms with van der Waals surface area (Å²) >= 11 is 13.6. The highest BCUT2D eigenvalue weighted by atomic mass is 35.5. The van der Waals surface area contributed by atoms with Crippen molar-refractivity contribution in [3.63, 3.8) is 0 Å². The van der Waals surface area contributed by atoms with E-state index in [9.17, 15) is 4.39 Å². The molecule has 8 heteroatoms. The molecule has 1 heterocycles. The largest absolute Gasteiger partial charge is 0.483 e. The van der Waals surface area contributed by atoms with Crippen molar-refractivity contribution in [3.8, 4) is 5.75 Å². The topological polar surface area (TPSA) is 39.9 Å². The van der Waals surface area contributed by atoms with Gasteiger partial charge in [-0.05, 0) is 56.7 Å². The highest BCUT2D eigenvalue weighted by Gasteiger charge is 2.20. The molecule has 0 aliphatic carbocycles. The lowest BCUT2D eigenvalue weighted by molar-refractivity contribution is 0.210. The Balaban J connectivity index is 1.76. The van der Waals surface area contributed by atoms with Gasteiger partial charge >= 0.3 is 0 Å². The fraction of sp³-hybridized carbons (Fsp3) is 0.300. The summed E-state index contributed by atoms with van der Waals surface area (Å²) < 4.78 is 22.0. The fourth-order valence-electron chi connectivity index (χ4n) is 2.76. The number of ether oxygens (including phenoxy) is 1. The summed E-state index contributed by atoms with van der Waals surface area (Å²) in [7, 11) is 0. The third kappa shape index (κ3) is 4.62. The van der Waals surface area contributed by atoms with Crippen LogP contribution in [0.2, 0.25) is 10.0 Å². The molecule has 2 aromatic carbocycles. The van der Waals surface area contributed by atoms with Gasteiger partial charge in [0.2, 0.25) is 0 Å². The first-order valence-corrected chi connectivity index (χ1v) is 10.6. The molecule has 0 fully saturated rings. The van der Waals surface area contributed by atoms with Crippen LogP contribution < -0.4 is 4.74 Å². The zero-order valence-corrected chi connectivity index (χ0v) is 18.1. The number of thioether (sulfide) groups is 1. The maximum atomic E-state index is 14.0. The number of hydrogen-bond donors (Lipinski definition) is 0. The monoisotopic (exact) mass is 439 g/mol. The van der Waals surface area contributed by atoms with Gasteiger partial charge in [0, 0.05) is 27.9 Å². The van der Waals surface area contributed by atoms with Crippen LogP contribution in [0.1, 0.15) is 36.9 Å². The molecule has 1 atom stereocenters. The molecule has 0 saturated carbocycles.